The zero-order valence-corrected chi connectivity index (χ0v) is 9.76. The molecule has 84 valence electrons. The molecule has 0 atom stereocenters. The summed E-state index contributed by atoms with van der Waals surface area (Å²) in [5, 5.41) is 6.60. The van der Waals surface area contributed by atoms with Crippen LogP contribution in [0.15, 0.2) is 4.52 Å². The number of carbonyl (C=O) groups excluding carboxylic acids is 1. The van der Waals surface area contributed by atoms with Gasteiger partial charge in [0.15, 0.2) is 0 Å². The van der Waals surface area contributed by atoms with E-state index in [9.17, 15) is 4.79 Å². The van der Waals surface area contributed by atoms with Crippen LogP contribution in [-0.4, -0.2) is 17.6 Å². The van der Waals surface area contributed by atoms with Crippen LogP contribution in [-0.2, 0) is 0 Å². The van der Waals surface area contributed by atoms with Gasteiger partial charge in [-0.3, -0.25) is 4.79 Å². The summed E-state index contributed by atoms with van der Waals surface area (Å²) in [6.45, 7) is 8.47. The molecule has 0 unspecified atom stereocenters. The zero-order chi connectivity index (χ0) is 11.4. The van der Waals surface area contributed by atoms with Crippen molar-refractivity contribution in [1.29, 1.82) is 0 Å². The van der Waals surface area contributed by atoms with E-state index in [1.54, 1.807) is 13.8 Å². The van der Waals surface area contributed by atoms with Crippen LogP contribution in [0, 0.1) is 19.8 Å². The van der Waals surface area contributed by atoms with Crippen LogP contribution in [0.25, 0.3) is 0 Å². The van der Waals surface area contributed by atoms with E-state index in [2.05, 4.69) is 24.3 Å². The van der Waals surface area contributed by atoms with Crippen molar-refractivity contribution in [2.75, 3.05) is 6.54 Å². The maximum absolute atomic E-state index is 11.7. The Morgan fingerprint density at radius 3 is 2.60 bits per heavy atom. The Balaban J connectivity index is 2.54. The molecule has 0 spiro atoms. The van der Waals surface area contributed by atoms with Gasteiger partial charge in [-0.05, 0) is 26.2 Å². The van der Waals surface area contributed by atoms with Gasteiger partial charge in [0, 0.05) is 6.54 Å². The molecule has 4 nitrogen and oxygen atoms in total. The standard InChI is InChI=1S/C11H18N2O2/c1-7(2)5-6-12-11(14)10-8(3)13-15-9(10)4/h7H,5-6H2,1-4H3,(H,12,14). The average Bonchev–Trinajstić information content (AvgIpc) is 2.45. The van der Waals surface area contributed by atoms with Crippen molar-refractivity contribution in [2.24, 2.45) is 5.92 Å². The molecule has 0 saturated heterocycles. The monoisotopic (exact) mass is 210 g/mol. The van der Waals surface area contributed by atoms with Crippen LogP contribution >= 0.6 is 0 Å². The first-order valence-corrected chi connectivity index (χ1v) is 5.23. The third kappa shape index (κ3) is 3.08. The fraction of sp³-hybridized carbons (Fsp3) is 0.636. The summed E-state index contributed by atoms with van der Waals surface area (Å²) in [6, 6.07) is 0. The quantitative estimate of drug-likeness (QED) is 0.827. The molecule has 0 saturated carbocycles. The number of carbonyl (C=O) groups is 1. The van der Waals surface area contributed by atoms with Crippen LogP contribution < -0.4 is 5.32 Å². The molecule has 1 heterocycles. The maximum atomic E-state index is 11.7. The summed E-state index contributed by atoms with van der Waals surface area (Å²) in [5.74, 6) is 1.08. The van der Waals surface area contributed by atoms with Crippen molar-refractivity contribution in [2.45, 2.75) is 34.1 Å². The molecule has 1 amide bonds. The van der Waals surface area contributed by atoms with Crippen molar-refractivity contribution < 1.29 is 9.32 Å². The van der Waals surface area contributed by atoms with Crippen LogP contribution in [0.4, 0.5) is 0 Å². The summed E-state index contributed by atoms with van der Waals surface area (Å²) in [4.78, 5) is 11.7. The molecule has 1 aromatic rings. The van der Waals surface area contributed by atoms with Gasteiger partial charge in [0.1, 0.15) is 11.3 Å². The molecule has 0 aliphatic heterocycles. The maximum Gasteiger partial charge on any atom is 0.256 e. The minimum Gasteiger partial charge on any atom is -0.361 e. The van der Waals surface area contributed by atoms with Gasteiger partial charge < -0.3 is 9.84 Å². The largest absolute Gasteiger partial charge is 0.361 e. The van der Waals surface area contributed by atoms with E-state index in [0.717, 1.165) is 6.42 Å². The zero-order valence-electron chi connectivity index (χ0n) is 9.76. The van der Waals surface area contributed by atoms with Crippen LogP contribution in [0.1, 0.15) is 42.1 Å². The molecular formula is C11H18N2O2. The normalized spacial score (nSPS) is 10.7. The van der Waals surface area contributed by atoms with Gasteiger partial charge in [0.25, 0.3) is 5.91 Å². The van der Waals surface area contributed by atoms with Crippen molar-refractivity contribution in [3.8, 4) is 0 Å². The lowest BCUT2D eigenvalue weighted by atomic mass is 10.1. The van der Waals surface area contributed by atoms with Gasteiger partial charge in [-0.25, -0.2) is 0 Å². The first kappa shape index (κ1) is 11.8. The van der Waals surface area contributed by atoms with E-state index in [-0.39, 0.29) is 5.91 Å². The van der Waals surface area contributed by atoms with Gasteiger partial charge in [-0.2, -0.15) is 0 Å². The molecule has 1 rings (SSSR count). The van der Waals surface area contributed by atoms with E-state index in [4.69, 9.17) is 4.52 Å². The second-order valence-electron chi connectivity index (χ2n) is 4.14. The fourth-order valence-electron chi connectivity index (χ4n) is 1.37. The van der Waals surface area contributed by atoms with Crippen molar-refractivity contribution in [3.63, 3.8) is 0 Å². The minimum absolute atomic E-state index is 0.0908. The third-order valence-electron chi connectivity index (χ3n) is 2.27. The lowest BCUT2D eigenvalue weighted by Crippen LogP contribution is -2.26. The van der Waals surface area contributed by atoms with Crippen LogP contribution in [0.5, 0.6) is 0 Å². The molecular weight excluding hydrogens is 192 g/mol. The van der Waals surface area contributed by atoms with E-state index < -0.39 is 0 Å². The number of aromatic nitrogens is 1. The number of amides is 1. The number of aryl methyl sites for hydroxylation is 2. The van der Waals surface area contributed by atoms with Gasteiger partial charge in [-0.15, -0.1) is 0 Å². The fourth-order valence-corrected chi connectivity index (χ4v) is 1.37. The lowest BCUT2D eigenvalue weighted by molar-refractivity contribution is 0.0950. The minimum atomic E-state index is -0.0908. The Kier molecular flexibility index (Phi) is 3.88. The molecule has 0 bridgehead atoms. The molecule has 0 fully saturated rings. The van der Waals surface area contributed by atoms with Gasteiger partial charge in [-0.1, -0.05) is 19.0 Å². The van der Waals surface area contributed by atoms with Crippen molar-refractivity contribution in [3.05, 3.63) is 17.0 Å². The van der Waals surface area contributed by atoms with Gasteiger partial charge in [0.05, 0.1) is 5.69 Å². The van der Waals surface area contributed by atoms with Crippen LogP contribution in [0.2, 0.25) is 0 Å². The summed E-state index contributed by atoms with van der Waals surface area (Å²) < 4.78 is 4.93. The Morgan fingerprint density at radius 2 is 2.13 bits per heavy atom. The molecule has 1 aromatic heterocycles. The van der Waals surface area contributed by atoms with E-state index >= 15 is 0 Å². The number of nitrogens with one attached hydrogen (secondary N) is 1. The molecule has 1 N–H and O–H groups in total. The molecule has 15 heavy (non-hydrogen) atoms. The van der Waals surface area contributed by atoms with Crippen molar-refractivity contribution in [1.82, 2.24) is 10.5 Å². The Labute approximate surface area is 90.0 Å². The highest BCUT2D eigenvalue weighted by molar-refractivity contribution is 5.96. The first-order chi connectivity index (χ1) is 7.02. The highest BCUT2D eigenvalue weighted by Gasteiger charge is 2.16. The number of nitrogens with zero attached hydrogens (tertiary/aromatic N) is 1. The predicted molar refractivity (Wildman–Crippen MR) is 57.8 cm³/mol. The summed E-state index contributed by atoms with van der Waals surface area (Å²) in [6.07, 6.45) is 0.981. The van der Waals surface area contributed by atoms with Crippen LogP contribution in [0.3, 0.4) is 0 Å². The average molecular weight is 210 g/mol. The van der Waals surface area contributed by atoms with Gasteiger partial charge in [0.2, 0.25) is 0 Å². The summed E-state index contributed by atoms with van der Waals surface area (Å²) in [7, 11) is 0. The van der Waals surface area contributed by atoms with Gasteiger partial charge >= 0.3 is 0 Å². The van der Waals surface area contributed by atoms with E-state index in [0.29, 0.717) is 29.5 Å². The Morgan fingerprint density at radius 1 is 1.47 bits per heavy atom. The number of hydrogen-bond acceptors (Lipinski definition) is 3. The molecule has 0 aliphatic carbocycles. The molecule has 0 aromatic carbocycles. The lowest BCUT2D eigenvalue weighted by Gasteiger charge is -2.06. The first-order valence-electron chi connectivity index (χ1n) is 5.23. The third-order valence-corrected chi connectivity index (χ3v) is 2.27. The molecule has 4 heteroatoms. The highest BCUT2D eigenvalue weighted by atomic mass is 16.5. The number of hydrogen-bond donors (Lipinski definition) is 1. The van der Waals surface area contributed by atoms with E-state index in [1.807, 2.05) is 0 Å². The number of rotatable bonds is 4. The highest BCUT2D eigenvalue weighted by Crippen LogP contribution is 2.11. The Hall–Kier alpha value is -1.32. The second-order valence-corrected chi connectivity index (χ2v) is 4.14. The SMILES string of the molecule is Cc1noc(C)c1C(=O)NCCC(C)C. The second kappa shape index (κ2) is 4.96. The topological polar surface area (TPSA) is 55.1 Å². The summed E-state index contributed by atoms with van der Waals surface area (Å²) in [5.41, 5.74) is 1.22. The van der Waals surface area contributed by atoms with Crippen molar-refractivity contribution >= 4 is 5.91 Å². The molecule has 0 radical (unpaired) electrons. The Bertz CT molecular complexity index is 323. The molecule has 0 aliphatic rings. The van der Waals surface area contributed by atoms with E-state index in [1.165, 1.54) is 0 Å². The summed E-state index contributed by atoms with van der Waals surface area (Å²) >= 11 is 0. The smallest absolute Gasteiger partial charge is 0.256 e. The predicted octanol–water partition coefficient (Wildman–Crippen LogP) is 2.07.